The van der Waals surface area contributed by atoms with Gasteiger partial charge < -0.3 is 4.90 Å². The first-order chi connectivity index (χ1) is 11.1. The van der Waals surface area contributed by atoms with E-state index in [-0.39, 0.29) is 5.56 Å². The number of nitrogens with one attached hydrogen (secondary N) is 1. The van der Waals surface area contributed by atoms with E-state index in [4.69, 9.17) is 4.98 Å². The van der Waals surface area contributed by atoms with Gasteiger partial charge in [-0.3, -0.25) is 4.79 Å². The van der Waals surface area contributed by atoms with Gasteiger partial charge in [-0.25, -0.2) is 15.1 Å². The van der Waals surface area contributed by atoms with Crippen LogP contribution in [0.2, 0.25) is 0 Å². The standard InChI is InChI=1S/C17H17N5O/c1-10-13(7-18-21-17(10)23)12-8-22(9-12)16-11(2)19-14-5-3-4-6-15(14)20-16/h3-7,12H,8-9H2,1-2H3,(H,21,23). The molecule has 1 aliphatic heterocycles. The molecule has 116 valence electrons. The number of fused-ring (bicyclic) bond motifs is 1. The molecule has 0 spiro atoms. The van der Waals surface area contributed by atoms with Gasteiger partial charge in [-0.1, -0.05) is 12.1 Å². The fraction of sp³-hybridized carbons (Fsp3) is 0.294. The van der Waals surface area contributed by atoms with E-state index in [1.54, 1.807) is 6.20 Å². The molecular weight excluding hydrogens is 290 g/mol. The molecule has 23 heavy (non-hydrogen) atoms. The lowest BCUT2D eigenvalue weighted by molar-refractivity contribution is 0.513. The van der Waals surface area contributed by atoms with E-state index in [2.05, 4.69) is 20.1 Å². The lowest BCUT2D eigenvalue weighted by Gasteiger charge is -2.41. The zero-order valence-corrected chi connectivity index (χ0v) is 13.1. The molecule has 6 nitrogen and oxygen atoms in total. The second-order valence-corrected chi connectivity index (χ2v) is 6.00. The molecule has 1 fully saturated rings. The normalized spacial score (nSPS) is 15.0. The zero-order chi connectivity index (χ0) is 16.0. The van der Waals surface area contributed by atoms with Crippen molar-refractivity contribution in [3.63, 3.8) is 0 Å². The monoisotopic (exact) mass is 307 g/mol. The molecule has 3 aromatic rings. The van der Waals surface area contributed by atoms with E-state index in [9.17, 15) is 4.79 Å². The Morgan fingerprint density at radius 2 is 1.83 bits per heavy atom. The van der Waals surface area contributed by atoms with E-state index in [0.29, 0.717) is 5.92 Å². The minimum absolute atomic E-state index is 0.109. The van der Waals surface area contributed by atoms with Crippen molar-refractivity contribution in [2.45, 2.75) is 19.8 Å². The number of nitrogens with zero attached hydrogens (tertiary/aromatic N) is 4. The quantitative estimate of drug-likeness (QED) is 0.783. The predicted molar refractivity (Wildman–Crippen MR) is 88.8 cm³/mol. The van der Waals surface area contributed by atoms with Crippen molar-refractivity contribution in [1.82, 2.24) is 20.2 Å². The Labute approximate surface area is 133 Å². The van der Waals surface area contributed by atoms with E-state index >= 15 is 0 Å². The van der Waals surface area contributed by atoms with E-state index in [1.165, 1.54) is 0 Å². The fourth-order valence-corrected chi connectivity index (χ4v) is 3.11. The van der Waals surface area contributed by atoms with Crippen LogP contribution in [0.5, 0.6) is 0 Å². The van der Waals surface area contributed by atoms with Gasteiger partial charge in [0.05, 0.1) is 22.9 Å². The first-order valence-electron chi connectivity index (χ1n) is 7.66. The fourth-order valence-electron chi connectivity index (χ4n) is 3.11. The third-order valence-electron chi connectivity index (χ3n) is 4.48. The summed E-state index contributed by atoms with van der Waals surface area (Å²) in [5, 5.41) is 6.39. The molecular formula is C17H17N5O. The maximum atomic E-state index is 11.7. The van der Waals surface area contributed by atoms with Gasteiger partial charge in [0.15, 0.2) is 5.82 Å². The van der Waals surface area contributed by atoms with Crippen LogP contribution in [0.25, 0.3) is 11.0 Å². The molecule has 1 aliphatic rings. The number of anilines is 1. The Morgan fingerprint density at radius 3 is 2.57 bits per heavy atom. The first-order valence-corrected chi connectivity index (χ1v) is 7.66. The van der Waals surface area contributed by atoms with Crippen molar-refractivity contribution in [3.8, 4) is 0 Å². The molecule has 1 saturated heterocycles. The predicted octanol–water partition coefficient (Wildman–Crippen LogP) is 1.93. The first kappa shape index (κ1) is 13.9. The van der Waals surface area contributed by atoms with Gasteiger partial charge in [-0.15, -0.1) is 0 Å². The van der Waals surface area contributed by atoms with Crippen LogP contribution in [0.4, 0.5) is 5.82 Å². The summed E-state index contributed by atoms with van der Waals surface area (Å²) in [6, 6.07) is 7.90. The number of para-hydroxylation sites is 2. The second kappa shape index (κ2) is 5.15. The highest BCUT2D eigenvalue weighted by Gasteiger charge is 2.32. The molecule has 6 heteroatoms. The summed E-state index contributed by atoms with van der Waals surface area (Å²) in [6.45, 7) is 5.50. The highest BCUT2D eigenvalue weighted by atomic mass is 16.1. The van der Waals surface area contributed by atoms with Crippen LogP contribution < -0.4 is 10.5 Å². The van der Waals surface area contributed by atoms with Gasteiger partial charge in [0.25, 0.3) is 5.56 Å². The third kappa shape index (κ3) is 2.27. The highest BCUT2D eigenvalue weighted by molar-refractivity contribution is 5.76. The molecule has 4 rings (SSSR count). The van der Waals surface area contributed by atoms with Gasteiger partial charge >= 0.3 is 0 Å². The van der Waals surface area contributed by atoms with Crippen molar-refractivity contribution < 1.29 is 0 Å². The minimum Gasteiger partial charge on any atom is -0.354 e. The average Bonchev–Trinajstić information content (AvgIpc) is 2.50. The van der Waals surface area contributed by atoms with Crippen LogP contribution in [-0.2, 0) is 0 Å². The lowest BCUT2D eigenvalue weighted by Crippen LogP contribution is -2.46. The number of H-pyrrole nitrogens is 1. The van der Waals surface area contributed by atoms with Crippen LogP contribution in [0.1, 0.15) is 22.7 Å². The summed E-state index contributed by atoms with van der Waals surface area (Å²) in [5.74, 6) is 1.24. The topological polar surface area (TPSA) is 74.8 Å². The smallest absolute Gasteiger partial charge is 0.267 e. The van der Waals surface area contributed by atoms with E-state index < -0.39 is 0 Å². The van der Waals surface area contributed by atoms with Crippen molar-refractivity contribution in [3.05, 3.63) is 57.6 Å². The highest BCUT2D eigenvalue weighted by Crippen LogP contribution is 2.32. The van der Waals surface area contributed by atoms with Crippen molar-refractivity contribution in [2.75, 3.05) is 18.0 Å². The van der Waals surface area contributed by atoms with Gasteiger partial charge in [0.1, 0.15) is 0 Å². The molecule has 1 N–H and O–H groups in total. The maximum absolute atomic E-state index is 11.7. The Balaban J connectivity index is 1.61. The summed E-state index contributed by atoms with van der Waals surface area (Å²) in [4.78, 5) is 23.3. The summed E-state index contributed by atoms with van der Waals surface area (Å²) in [6.07, 6.45) is 1.76. The second-order valence-electron chi connectivity index (χ2n) is 6.00. The molecule has 3 heterocycles. The lowest BCUT2D eigenvalue weighted by atomic mass is 9.90. The molecule has 0 aliphatic carbocycles. The minimum atomic E-state index is -0.109. The zero-order valence-electron chi connectivity index (χ0n) is 13.1. The molecule has 0 atom stereocenters. The summed E-state index contributed by atoms with van der Waals surface area (Å²) >= 11 is 0. The van der Waals surface area contributed by atoms with Crippen molar-refractivity contribution in [1.29, 1.82) is 0 Å². The largest absolute Gasteiger partial charge is 0.354 e. The number of rotatable bonds is 2. The van der Waals surface area contributed by atoms with Crippen LogP contribution >= 0.6 is 0 Å². The van der Waals surface area contributed by atoms with Gasteiger partial charge in [0.2, 0.25) is 0 Å². The van der Waals surface area contributed by atoms with Crippen LogP contribution in [0, 0.1) is 13.8 Å². The number of aromatic amines is 1. The van der Waals surface area contributed by atoms with Crippen LogP contribution in [-0.4, -0.2) is 33.3 Å². The third-order valence-corrected chi connectivity index (χ3v) is 4.48. The Kier molecular flexibility index (Phi) is 3.11. The Morgan fingerprint density at radius 1 is 1.13 bits per heavy atom. The molecule has 0 radical (unpaired) electrons. The van der Waals surface area contributed by atoms with Gasteiger partial charge in [0, 0.05) is 24.6 Å². The van der Waals surface area contributed by atoms with Crippen molar-refractivity contribution >= 4 is 16.9 Å². The van der Waals surface area contributed by atoms with E-state index in [0.717, 1.165) is 46.8 Å². The number of benzene rings is 1. The van der Waals surface area contributed by atoms with Gasteiger partial charge in [-0.2, -0.15) is 5.10 Å². The van der Waals surface area contributed by atoms with Gasteiger partial charge in [-0.05, 0) is 31.5 Å². The molecule has 0 amide bonds. The van der Waals surface area contributed by atoms with Crippen LogP contribution in [0.3, 0.4) is 0 Å². The number of aromatic nitrogens is 4. The summed E-state index contributed by atoms with van der Waals surface area (Å²) in [7, 11) is 0. The van der Waals surface area contributed by atoms with E-state index in [1.807, 2.05) is 38.1 Å². The molecule has 0 bridgehead atoms. The SMILES string of the molecule is Cc1nc2ccccc2nc1N1CC(c2cn[nH]c(=O)c2C)C1. The average molecular weight is 307 g/mol. The van der Waals surface area contributed by atoms with Crippen molar-refractivity contribution in [2.24, 2.45) is 0 Å². The maximum Gasteiger partial charge on any atom is 0.267 e. The molecule has 1 aromatic carbocycles. The summed E-state index contributed by atoms with van der Waals surface area (Å²) in [5.41, 5.74) is 4.43. The number of aryl methyl sites for hydroxylation is 1. The molecule has 0 saturated carbocycles. The number of hydrogen-bond acceptors (Lipinski definition) is 5. The molecule has 2 aromatic heterocycles. The Hall–Kier alpha value is -2.76. The Bertz CT molecular complexity index is 943. The van der Waals surface area contributed by atoms with Crippen LogP contribution in [0.15, 0.2) is 35.3 Å². The molecule has 0 unspecified atom stereocenters. The summed E-state index contributed by atoms with van der Waals surface area (Å²) < 4.78 is 0. The number of hydrogen-bond donors (Lipinski definition) is 1.